The SMILES string of the molecule is COc1ccccc1-c1nc(CC(=O)N[C@H](CC(C)C)C(=O)O)cs1. The molecule has 2 N–H and O–H groups in total. The van der Waals surface area contributed by atoms with Gasteiger partial charge in [0.15, 0.2) is 0 Å². The van der Waals surface area contributed by atoms with Gasteiger partial charge in [-0.1, -0.05) is 26.0 Å². The van der Waals surface area contributed by atoms with Crippen LogP contribution in [-0.4, -0.2) is 35.1 Å². The smallest absolute Gasteiger partial charge is 0.326 e. The topological polar surface area (TPSA) is 88.5 Å². The van der Waals surface area contributed by atoms with Crippen molar-refractivity contribution in [2.75, 3.05) is 7.11 Å². The average Bonchev–Trinajstić information content (AvgIpc) is 3.01. The molecule has 0 radical (unpaired) electrons. The van der Waals surface area contributed by atoms with E-state index < -0.39 is 12.0 Å². The Hall–Kier alpha value is -2.41. The van der Waals surface area contributed by atoms with E-state index in [1.807, 2.05) is 38.1 Å². The highest BCUT2D eigenvalue weighted by atomic mass is 32.1. The van der Waals surface area contributed by atoms with Crippen LogP contribution in [0.2, 0.25) is 0 Å². The molecule has 0 aliphatic heterocycles. The number of aliphatic carboxylic acids is 1. The summed E-state index contributed by atoms with van der Waals surface area (Å²) in [4.78, 5) is 27.9. The Kier molecular flexibility index (Phi) is 6.52. The number of para-hydroxylation sites is 1. The zero-order valence-corrected chi connectivity index (χ0v) is 15.3. The van der Waals surface area contributed by atoms with Crippen LogP contribution < -0.4 is 10.1 Å². The Labute approximate surface area is 150 Å². The van der Waals surface area contributed by atoms with Gasteiger partial charge >= 0.3 is 5.97 Å². The summed E-state index contributed by atoms with van der Waals surface area (Å²) in [6, 6.07) is 6.66. The molecule has 1 heterocycles. The summed E-state index contributed by atoms with van der Waals surface area (Å²) < 4.78 is 5.33. The van der Waals surface area contributed by atoms with Crippen LogP contribution in [0.5, 0.6) is 5.75 Å². The van der Waals surface area contributed by atoms with Gasteiger partial charge in [0, 0.05) is 5.38 Å². The predicted octanol–water partition coefficient (Wildman–Crippen LogP) is 2.98. The third kappa shape index (κ3) is 5.29. The summed E-state index contributed by atoms with van der Waals surface area (Å²) in [7, 11) is 1.60. The lowest BCUT2D eigenvalue weighted by molar-refractivity contribution is -0.142. The predicted molar refractivity (Wildman–Crippen MR) is 96.8 cm³/mol. The van der Waals surface area contributed by atoms with Crippen LogP contribution in [0.1, 0.15) is 26.0 Å². The fourth-order valence-electron chi connectivity index (χ4n) is 2.44. The number of benzene rings is 1. The monoisotopic (exact) mass is 362 g/mol. The number of hydrogen-bond acceptors (Lipinski definition) is 5. The first-order valence-electron chi connectivity index (χ1n) is 8.00. The van der Waals surface area contributed by atoms with E-state index in [1.54, 1.807) is 12.5 Å². The first kappa shape index (κ1) is 18.9. The fourth-order valence-corrected chi connectivity index (χ4v) is 3.29. The minimum absolute atomic E-state index is 0.0491. The molecule has 0 fully saturated rings. The van der Waals surface area contributed by atoms with Crippen LogP contribution in [0.15, 0.2) is 29.6 Å². The molecule has 1 aromatic heterocycles. The van der Waals surface area contributed by atoms with Gasteiger partial charge in [-0.15, -0.1) is 11.3 Å². The number of nitrogens with one attached hydrogen (secondary N) is 1. The van der Waals surface area contributed by atoms with Crippen LogP contribution in [0, 0.1) is 5.92 Å². The molecule has 0 spiro atoms. The largest absolute Gasteiger partial charge is 0.496 e. The first-order chi connectivity index (χ1) is 11.9. The Morgan fingerprint density at radius 3 is 2.68 bits per heavy atom. The maximum absolute atomic E-state index is 12.1. The lowest BCUT2D eigenvalue weighted by atomic mass is 10.0. The van der Waals surface area contributed by atoms with Crippen LogP contribution >= 0.6 is 11.3 Å². The highest BCUT2D eigenvalue weighted by Gasteiger charge is 2.21. The summed E-state index contributed by atoms with van der Waals surface area (Å²) in [5, 5.41) is 14.3. The number of thiazole rings is 1. The molecule has 0 aliphatic carbocycles. The second-order valence-corrected chi connectivity index (χ2v) is 6.97. The third-order valence-electron chi connectivity index (χ3n) is 3.57. The Bertz CT molecular complexity index is 742. The van der Waals surface area contributed by atoms with Gasteiger partial charge in [-0.2, -0.15) is 0 Å². The Morgan fingerprint density at radius 1 is 1.32 bits per heavy atom. The van der Waals surface area contributed by atoms with Crippen molar-refractivity contribution in [3.8, 4) is 16.3 Å². The average molecular weight is 362 g/mol. The van der Waals surface area contributed by atoms with Crippen molar-refractivity contribution in [2.24, 2.45) is 5.92 Å². The molecule has 2 aromatic rings. The van der Waals surface area contributed by atoms with Crippen LogP contribution in [0.25, 0.3) is 10.6 Å². The molecule has 7 heteroatoms. The summed E-state index contributed by atoms with van der Waals surface area (Å²) in [6.07, 6.45) is 0.443. The number of methoxy groups -OCH3 is 1. The lowest BCUT2D eigenvalue weighted by Crippen LogP contribution is -2.42. The number of hydrogen-bond donors (Lipinski definition) is 2. The van der Waals surface area contributed by atoms with Gasteiger partial charge in [0.1, 0.15) is 16.8 Å². The fraction of sp³-hybridized carbons (Fsp3) is 0.389. The van der Waals surface area contributed by atoms with Gasteiger partial charge in [-0.05, 0) is 24.5 Å². The van der Waals surface area contributed by atoms with Crippen molar-refractivity contribution in [1.82, 2.24) is 10.3 Å². The number of nitrogens with zero attached hydrogens (tertiary/aromatic N) is 1. The van der Waals surface area contributed by atoms with E-state index >= 15 is 0 Å². The zero-order chi connectivity index (χ0) is 18.4. The van der Waals surface area contributed by atoms with E-state index in [0.29, 0.717) is 12.1 Å². The van der Waals surface area contributed by atoms with Gasteiger partial charge in [-0.25, -0.2) is 9.78 Å². The minimum atomic E-state index is -1.02. The summed E-state index contributed by atoms with van der Waals surface area (Å²) >= 11 is 1.42. The number of ether oxygens (including phenoxy) is 1. The molecular formula is C18H22N2O4S. The second-order valence-electron chi connectivity index (χ2n) is 6.11. The normalized spacial score (nSPS) is 12.0. The van der Waals surface area contributed by atoms with E-state index in [1.165, 1.54) is 11.3 Å². The van der Waals surface area contributed by atoms with Crippen molar-refractivity contribution in [1.29, 1.82) is 0 Å². The zero-order valence-electron chi connectivity index (χ0n) is 14.5. The summed E-state index contributed by atoms with van der Waals surface area (Å²) in [5.74, 6) is -0.464. The first-order valence-corrected chi connectivity index (χ1v) is 8.88. The third-order valence-corrected chi connectivity index (χ3v) is 4.50. The maximum atomic E-state index is 12.1. The molecule has 1 amide bonds. The minimum Gasteiger partial charge on any atom is -0.496 e. The van der Waals surface area contributed by atoms with Gasteiger partial charge < -0.3 is 15.2 Å². The maximum Gasteiger partial charge on any atom is 0.326 e. The standard InChI is InChI=1S/C18H22N2O4S/c1-11(2)8-14(18(22)23)20-16(21)9-12-10-25-17(19-12)13-6-4-5-7-15(13)24-3/h4-7,10-11,14H,8-9H2,1-3H3,(H,20,21)(H,22,23)/t14-/m1/s1. The molecule has 1 aromatic carbocycles. The van der Waals surface area contributed by atoms with Crippen LogP contribution in [0.3, 0.4) is 0 Å². The number of carboxylic acids is 1. The molecule has 0 aliphatic rings. The molecule has 25 heavy (non-hydrogen) atoms. The summed E-state index contributed by atoms with van der Waals surface area (Å²) in [6.45, 7) is 3.84. The second kappa shape index (κ2) is 8.62. The lowest BCUT2D eigenvalue weighted by Gasteiger charge is -2.16. The Morgan fingerprint density at radius 2 is 2.04 bits per heavy atom. The molecule has 6 nitrogen and oxygen atoms in total. The van der Waals surface area contributed by atoms with Crippen molar-refractivity contribution in [3.05, 3.63) is 35.3 Å². The van der Waals surface area contributed by atoms with Crippen molar-refractivity contribution < 1.29 is 19.4 Å². The number of carbonyl (C=O) groups excluding carboxylic acids is 1. The van der Waals surface area contributed by atoms with E-state index in [2.05, 4.69) is 10.3 Å². The van der Waals surface area contributed by atoms with Gasteiger partial charge in [-0.3, -0.25) is 4.79 Å². The van der Waals surface area contributed by atoms with E-state index in [9.17, 15) is 14.7 Å². The molecule has 0 bridgehead atoms. The molecule has 2 rings (SSSR count). The van der Waals surface area contributed by atoms with Crippen LogP contribution in [-0.2, 0) is 16.0 Å². The highest BCUT2D eigenvalue weighted by molar-refractivity contribution is 7.13. The van der Waals surface area contributed by atoms with Gasteiger partial charge in [0.05, 0.1) is 24.8 Å². The molecule has 1 atom stereocenters. The molecule has 0 unspecified atom stereocenters. The van der Waals surface area contributed by atoms with Crippen molar-refractivity contribution in [2.45, 2.75) is 32.7 Å². The van der Waals surface area contributed by atoms with E-state index in [4.69, 9.17) is 4.74 Å². The highest BCUT2D eigenvalue weighted by Crippen LogP contribution is 2.31. The number of carboxylic acid groups (broad SMARTS) is 1. The van der Waals surface area contributed by atoms with Crippen LogP contribution in [0.4, 0.5) is 0 Å². The molecule has 0 saturated heterocycles. The number of amides is 1. The molecule has 134 valence electrons. The van der Waals surface area contributed by atoms with Crippen molar-refractivity contribution in [3.63, 3.8) is 0 Å². The number of aromatic nitrogens is 1. The number of rotatable bonds is 8. The molecule has 0 saturated carbocycles. The molecular weight excluding hydrogens is 340 g/mol. The Balaban J connectivity index is 2.05. The van der Waals surface area contributed by atoms with Gasteiger partial charge in [0.2, 0.25) is 5.91 Å². The van der Waals surface area contributed by atoms with E-state index in [0.717, 1.165) is 16.3 Å². The van der Waals surface area contributed by atoms with Crippen molar-refractivity contribution >= 4 is 23.2 Å². The van der Waals surface area contributed by atoms with Gasteiger partial charge in [0.25, 0.3) is 0 Å². The quantitative estimate of drug-likeness (QED) is 0.754. The van der Waals surface area contributed by atoms with E-state index in [-0.39, 0.29) is 18.2 Å². The summed E-state index contributed by atoms with van der Waals surface area (Å²) in [5.41, 5.74) is 1.47. The number of carbonyl (C=O) groups is 2.